The minimum absolute atomic E-state index is 0.0709. The van der Waals surface area contributed by atoms with Gasteiger partial charge in [-0.15, -0.1) is 0 Å². The molecule has 2 rings (SSSR count). The Bertz CT molecular complexity index is 327. The minimum atomic E-state index is -0.730. The summed E-state index contributed by atoms with van der Waals surface area (Å²) in [7, 11) is 0. The number of carbonyl (C=O) groups excluding carboxylic acids is 1. The van der Waals surface area contributed by atoms with Gasteiger partial charge in [0.1, 0.15) is 0 Å². The zero-order valence-electron chi connectivity index (χ0n) is 11.4. The third-order valence-electron chi connectivity index (χ3n) is 4.39. The molecule has 0 aromatic heterocycles. The fraction of sp³-hybridized carbons (Fsp3) is 0.857. The van der Waals surface area contributed by atoms with Crippen LogP contribution in [0.5, 0.6) is 0 Å². The van der Waals surface area contributed by atoms with Gasteiger partial charge in [0.25, 0.3) is 0 Å². The van der Waals surface area contributed by atoms with Crippen LogP contribution in [0.4, 0.5) is 0 Å². The molecule has 1 saturated carbocycles. The smallest absolute Gasteiger partial charge is 0.306 e. The molecule has 5 nitrogen and oxygen atoms in total. The van der Waals surface area contributed by atoms with Crippen molar-refractivity contribution >= 4 is 11.9 Å². The van der Waals surface area contributed by atoms with Gasteiger partial charge in [0.05, 0.1) is 5.92 Å². The van der Waals surface area contributed by atoms with E-state index in [1.807, 2.05) is 0 Å². The van der Waals surface area contributed by atoms with Crippen molar-refractivity contribution in [3.8, 4) is 0 Å². The number of piperidine rings is 1. The molecule has 5 heteroatoms. The van der Waals surface area contributed by atoms with Gasteiger partial charge in [-0.25, -0.2) is 0 Å². The van der Waals surface area contributed by atoms with Crippen molar-refractivity contribution in [2.45, 2.75) is 51.0 Å². The Morgan fingerprint density at radius 2 is 1.89 bits per heavy atom. The van der Waals surface area contributed by atoms with Crippen LogP contribution in [0.3, 0.4) is 0 Å². The molecule has 1 aliphatic carbocycles. The van der Waals surface area contributed by atoms with Gasteiger partial charge in [-0.1, -0.05) is 0 Å². The molecule has 0 aromatic carbocycles. The molecule has 2 fully saturated rings. The number of carbonyl (C=O) groups is 2. The van der Waals surface area contributed by atoms with E-state index in [0.29, 0.717) is 25.2 Å². The maximum Gasteiger partial charge on any atom is 0.306 e. The fourth-order valence-corrected chi connectivity index (χ4v) is 3.14. The van der Waals surface area contributed by atoms with Gasteiger partial charge >= 0.3 is 5.97 Å². The maximum atomic E-state index is 11.8. The largest absolute Gasteiger partial charge is 0.481 e. The zero-order chi connectivity index (χ0) is 13.7. The molecule has 1 aliphatic heterocycles. The highest BCUT2D eigenvalue weighted by molar-refractivity contribution is 5.76. The summed E-state index contributed by atoms with van der Waals surface area (Å²) < 4.78 is 0. The highest BCUT2D eigenvalue weighted by Crippen LogP contribution is 2.26. The summed E-state index contributed by atoms with van der Waals surface area (Å²) in [6, 6.07) is 0.0709. The molecule has 0 radical (unpaired) electrons. The van der Waals surface area contributed by atoms with Crippen LogP contribution >= 0.6 is 0 Å². The summed E-state index contributed by atoms with van der Waals surface area (Å²) in [5.74, 6) is -0.238. The molecule has 2 aliphatic rings. The van der Waals surface area contributed by atoms with E-state index in [1.54, 1.807) is 0 Å². The van der Waals surface area contributed by atoms with Crippen molar-refractivity contribution < 1.29 is 14.7 Å². The molecule has 2 atom stereocenters. The quantitative estimate of drug-likeness (QED) is 0.698. The molecule has 3 N–H and O–H groups in total. The van der Waals surface area contributed by atoms with E-state index in [1.165, 1.54) is 0 Å². The molecular weight excluding hydrogens is 244 g/mol. The second-order valence-corrected chi connectivity index (χ2v) is 5.84. The molecule has 0 bridgehead atoms. The summed E-state index contributed by atoms with van der Waals surface area (Å²) in [5, 5.41) is 15.2. The van der Waals surface area contributed by atoms with Crippen LogP contribution in [0.15, 0.2) is 0 Å². The summed E-state index contributed by atoms with van der Waals surface area (Å²) in [4.78, 5) is 22.7. The Hall–Kier alpha value is -1.10. The molecule has 0 spiro atoms. The van der Waals surface area contributed by atoms with Crippen LogP contribution in [0.25, 0.3) is 0 Å². The lowest BCUT2D eigenvalue weighted by atomic mass is 9.93. The monoisotopic (exact) mass is 268 g/mol. The van der Waals surface area contributed by atoms with E-state index in [4.69, 9.17) is 5.11 Å². The lowest BCUT2D eigenvalue weighted by molar-refractivity contribution is -0.141. The van der Waals surface area contributed by atoms with Crippen molar-refractivity contribution in [3.05, 3.63) is 0 Å². The molecule has 1 amide bonds. The lowest BCUT2D eigenvalue weighted by Crippen LogP contribution is -2.34. The summed E-state index contributed by atoms with van der Waals surface area (Å²) >= 11 is 0. The van der Waals surface area contributed by atoms with Crippen molar-refractivity contribution in [1.82, 2.24) is 10.6 Å². The number of nitrogens with one attached hydrogen (secondary N) is 2. The standard InChI is InChI=1S/C14H24N2O3/c17-13(4-1-10-5-7-15-8-6-10)16-12-3-2-11(9-12)14(18)19/h10-12,15H,1-9H2,(H,16,17)(H,18,19). The second-order valence-electron chi connectivity index (χ2n) is 5.84. The van der Waals surface area contributed by atoms with Gasteiger partial charge in [0.2, 0.25) is 5.91 Å². The number of aliphatic carboxylic acids is 1. The topological polar surface area (TPSA) is 78.4 Å². The van der Waals surface area contributed by atoms with E-state index in [-0.39, 0.29) is 17.9 Å². The van der Waals surface area contributed by atoms with Gasteiger partial charge < -0.3 is 15.7 Å². The van der Waals surface area contributed by atoms with E-state index >= 15 is 0 Å². The third-order valence-corrected chi connectivity index (χ3v) is 4.39. The maximum absolute atomic E-state index is 11.8. The second kappa shape index (κ2) is 6.89. The molecule has 19 heavy (non-hydrogen) atoms. The molecule has 1 saturated heterocycles. The van der Waals surface area contributed by atoms with E-state index in [9.17, 15) is 9.59 Å². The number of carboxylic acids is 1. The summed E-state index contributed by atoms with van der Waals surface area (Å²) in [6.45, 7) is 2.13. The Balaban J connectivity index is 1.63. The van der Waals surface area contributed by atoms with Crippen molar-refractivity contribution in [3.63, 3.8) is 0 Å². The highest BCUT2D eigenvalue weighted by Gasteiger charge is 2.30. The Labute approximate surface area is 114 Å². The molecule has 108 valence electrons. The highest BCUT2D eigenvalue weighted by atomic mass is 16.4. The molecule has 1 heterocycles. The summed E-state index contributed by atoms with van der Waals surface area (Å²) in [5.41, 5.74) is 0. The van der Waals surface area contributed by atoms with E-state index in [0.717, 1.165) is 38.8 Å². The van der Waals surface area contributed by atoms with Crippen LogP contribution in [0.2, 0.25) is 0 Å². The Kier molecular flexibility index (Phi) is 5.19. The molecule has 2 unspecified atom stereocenters. The van der Waals surface area contributed by atoms with Gasteiger partial charge in [0.15, 0.2) is 0 Å². The van der Waals surface area contributed by atoms with Crippen LogP contribution in [-0.2, 0) is 9.59 Å². The number of carboxylic acid groups (broad SMARTS) is 1. The minimum Gasteiger partial charge on any atom is -0.481 e. The van der Waals surface area contributed by atoms with Gasteiger partial charge in [-0.3, -0.25) is 9.59 Å². The first-order valence-electron chi connectivity index (χ1n) is 7.38. The van der Waals surface area contributed by atoms with Crippen molar-refractivity contribution in [1.29, 1.82) is 0 Å². The average molecular weight is 268 g/mol. The molecular formula is C14H24N2O3. The first-order valence-corrected chi connectivity index (χ1v) is 7.38. The van der Waals surface area contributed by atoms with Gasteiger partial charge in [0, 0.05) is 12.5 Å². The predicted molar refractivity (Wildman–Crippen MR) is 71.7 cm³/mol. The van der Waals surface area contributed by atoms with Crippen LogP contribution in [0, 0.1) is 11.8 Å². The average Bonchev–Trinajstić information content (AvgIpc) is 2.86. The number of hydrogen-bond donors (Lipinski definition) is 3. The Morgan fingerprint density at radius 1 is 1.16 bits per heavy atom. The lowest BCUT2D eigenvalue weighted by Gasteiger charge is -2.22. The van der Waals surface area contributed by atoms with Gasteiger partial charge in [-0.2, -0.15) is 0 Å². The van der Waals surface area contributed by atoms with Crippen LogP contribution in [-0.4, -0.2) is 36.1 Å². The summed E-state index contributed by atoms with van der Waals surface area (Å²) in [6.07, 6.45) is 5.95. The fourth-order valence-electron chi connectivity index (χ4n) is 3.14. The number of hydrogen-bond acceptors (Lipinski definition) is 3. The Morgan fingerprint density at radius 3 is 2.53 bits per heavy atom. The van der Waals surface area contributed by atoms with E-state index < -0.39 is 5.97 Å². The van der Waals surface area contributed by atoms with Crippen molar-refractivity contribution in [2.75, 3.05) is 13.1 Å². The third kappa shape index (κ3) is 4.49. The van der Waals surface area contributed by atoms with Crippen LogP contribution < -0.4 is 10.6 Å². The van der Waals surface area contributed by atoms with Crippen molar-refractivity contribution in [2.24, 2.45) is 11.8 Å². The number of amides is 1. The SMILES string of the molecule is O=C(CCC1CCNCC1)NC1CCC(C(=O)O)C1. The first-order chi connectivity index (χ1) is 9.15. The normalized spacial score (nSPS) is 28.2. The van der Waals surface area contributed by atoms with E-state index in [2.05, 4.69) is 10.6 Å². The number of rotatable bonds is 5. The molecule has 0 aromatic rings. The van der Waals surface area contributed by atoms with Gasteiger partial charge in [-0.05, 0) is 57.5 Å². The zero-order valence-corrected chi connectivity index (χ0v) is 11.4. The van der Waals surface area contributed by atoms with Crippen LogP contribution in [0.1, 0.15) is 44.9 Å². The predicted octanol–water partition coefficient (Wildman–Crippen LogP) is 1.14. The first kappa shape index (κ1) is 14.3.